The summed E-state index contributed by atoms with van der Waals surface area (Å²) >= 11 is 4.24. The van der Waals surface area contributed by atoms with Gasteiger partial charge >= 0.3 is 11.9 Å². The number of hydrogen-bond donors (Lipinski definition) is 3. The van der Waals surface area contributed by atoms with Crippen molar-refractivity contribution in [2.75, 3.05) is 0 Å². The lowest BCUT2D eigenvalue weighted by Crippen LogP contribution is -2.31. The van der Waals surface area contributed by atoms with E-state index in [4.69, 9.17) is 15.9 Å². The number of ether oxygens (including phenoxy) is 1. The van der Waals surface area contributed by atoms with Crippen molar-refractivity contribution in [2.24, 2.45) is 5.73 Å². The van der Waals surface area contributed by atoms with Crippen LogP contribution in [0.5, 0.6) is 0 Å². The third kappa shape index (κ3) is 4.45. The van der Waals surface area contributed by atoms with E-state index in [-0.39, 0.29) is 0 Å². The van der Waals surface area contributed by atoms with E-state index in [1.54, 1.807) is 0 Å². The third-order valence-corrected chi connectivity index (χ3v) is 0.990. The smallest absolute Gasteiger partial charge is 0.345 e. The summed E-state index contributed by atoms with van der Waals surface area (Å²) < 4.78 is 4.35. The highest BCUT2D eigenvalue weighted by atomic mass is 32.1. The van der Waals surface area contributed by atoms with Gasteiger partial charge in [-0.25, -0.2) is 4.79 Å². The first-order valence-electron chi connectivity index (χ1n) is 2.84. The zero-order chi connectivity index (χ0) is 9.72. The molecular formula is C5H7NO5S. The molecule has 4 N–H and O–H groups in total. The fourth-order valence-electron chi connectivity index (χ4n) is 0.478. The fraction of sp³-hybridized carbons (Fsp3) is 0.400. The monoisotopic (exact) mass is 193 g/mol. The zero-order valence-electron chi connectivity index (χ0n) is 5.89. The SMILES string of the molecule is NC(=S)OC(CC(=O)O)C(=O)O. The van der Waals surface area contributed by atoms with E-state index in [0.29, 0.717) is 0 Å². The molecule has 0 aromatic rings. The summed E-state index contributed by atoms with van der Waals surface area (Å²) in [6.07, 6.45) is -2.19. The first-order chi connectivity index (χ1) is 5.43. The third-order valence-electron chi connectivity index (χ3n) is 0.894. The van der Waals surface area contributed by atoms with Gasteiger partial charge in [-0.05, 0) is 12.2 Å². The van der Waals surface area contributed by atoms with Gasteiger partial charge in [0.15, 0.2) is 0 Å². The number of hydrogen-bond acceptors (Lipinski definition) is 4. The van der Waals surface area contributed by atoms with Crippen LogP contribution in [0.25, 0.3) is 0 Å². The second kappa shape index (κ2) is 4.50. The van der Waals surface area contributed by atoms with Crippen LogP contribution in [0.1, 0.15) is 6.42 Å². The molecule has 0 aliphatic rings. The number of carbonyl (C=O) groups is 2. The Bertz CT molecular complexity index is 200. The van der Waals surface area contributed by atoms with Crippen LogP contribution in [0.15, 0.2) is 0 Å². The lowest BCUT2D eigenvalue weighted by molar-refractivity contribution is -0.152. The lowest BCUT2D eigenvalue weighted by Gasteiger charge is -2.10. The van der Waals surface area contributed by atoms with Crippen molar-refractivity contribution in [1.82, 2.24) is 0 Å². The predicted octanol–water partition coefficient (Wildman–Crippen LogP) is -0.826. The second-order valence-corrected chi connectivity index (χ2v) is 2.26. The average molecular weight is 193 g/mol. The highest BCUT2D eigenvalue weighted by Gasteiger charge is 2.22. The first-order valence-corrected chi connectivity index (χ1v) is 3.25. The van der Waals surface area contributed by atoms with Gasteiger partial charge in [-0.3, -0.25) is 4.79 Å². The topological polar surface area (TPSA) is 110 Å². The number of aliphatic carboxylic acids is 2. The molecule has 0 radical (unpaired) electrons. The molecule has 7 heteroatoms. The number of carboxylic acid groups (broad SMARTS) is 2. The Morgan fingerprint density at radius 2 is 2.00 bits per heavy atom. The van der Waals surface area contributed by atoms with Crippen LogP contribution < -0.4 is 5.73 Å². The number of carboxylic acids is 2. The standard InChI is InChI=1S/C5H7NO5S/c6-5(12)11-2(4(9)10)1-3(7)8/h2H,1H2,(H2,6,12)(H,7,8)(H,9,10). The molecule has 0 aromatic carbocycles. The highest BCUT2D eigenvalue weighted by molar-refractivity contribution is 7.80. The van der Waals surface area contributed by atoms with Crippen molar-refractivity contribution in [2.45, 2.75) is 12.5 Å². The maximum Gasteiger partial charge on any atom is 0.345 e. The normalized spacial score (nSPS) is 11.7. The molecule has 0 heterocycles. The Balaban J connectivity index is 4.14. The molecule has 0 saturated carbocycles. The van der Waals surface area contributed by atoms with Gasteiger partial charge in [-0.1, -0.05) is 0 Å². The summed E-state index contributed by atoms with van der Waals surface area (Å²) in [4.78, 5) is 20.3. The molecule has 0 bridgehead atoms. The molecule has 1 atom stereocenters. The summed E-state index contributed by atoms with van der Waals surface area (Å²) in [5.41, 5.74) is 4.86. The van der Waals surface area contributed by atoms with Crippen molar-refractivity contribution < 1.29 is 24.5 Å². The summed E-state index contributed by atoms with van der Waals surface area (Å²) in [5, 5.41) is 16.1. The van der Waals surface area contributed by atoms with Crippen molar-refractivity contribution in [3.05, 3.63) is 0 Å². The summed E-state index contributed by atoms with van der Waals surface area (Å²) in [6, 6.07) is 0. The molecule has 0 aliphatic heterocycles. The predicted molar refractivity (Wildman–Crippen MR) is 41.5 cm³/mol. The number of rotatable bonds is 4. The first kappa shape index (κ1) is 10.6. The van der Waals surface area contributed by atoms with E-state index in [0.717, 1.165) is 0 Å². The van der Waals surface area contributed by atoms with E-state index >= 15 is 0 Å². The van der Waals surface area contributed by atoms with Crippen LogP contribution in [0.2, 0.25) is 0 Å². The maximum atomic E-state index is 10.3. The minimum atomic E-state index is -1.51. The molecule has 12 heavy (non-hydrogen) atoms. The van der Waals surface area contributed by atoms with Crippen molar-refractivity contribution in [3.8, 4) is 0 Å². The Morgan fingerprint density at radius 1 is 1.50 bits per heavy atom. The van der Waals surface area contributed by atoms with Gasteiger partial charge in [-0.15, -0.1) is 0 Å². The maximum absolute atomic E-state index is 10.3. The van der Waals surface area contributed by atoms with E-state index in [2.05, 4.69) is 17.0 Å². The van der Waals surface area contributed by atoms with Crippen LogP contribution in [-0.2, 0) is 14.3 Å². The minimum Gasteiger partial charge on any atom is -0.481 e. The molecule has 6 nitrogen and oxygen atoms in total. The molecule has 0 fully saturated rings. The van der Waals surface area contributed by atoms with Gasteiger partial charge < -0.3 is 20.7 Å². The Morgan fingerprint density at radius 3 is 2.25 bits per heavy atom. The Kier molecular flexibility index (Phi) is 3.98. The second-order valence-electron chi connectivity index (χ2n) is 1.86. The minimum absolute atomic E-state index is 0.483. The van der Waals surface area contributed by atoms with E-state index < -0.39 is 29.6 Å². The lowest BCUT2D eigenvalue weighted by atomic mass is 10.2. The molecule has 68 valence electrons. The van der Waals surface area contributed by atoms with Crippen molar-refractivity contribution in [3.63, 3.8) is 0 Å². The van der Waals surface area contributed by atoms with Crippen LogP contribution >= 0.6 is 12.2 Å². The Labute approximate surface area is 72.9 Å². The molecule has 1 unspecified atom stereocenters. The van der Waals surface area contributed by atoms with E-state index in [1.807, 2.05) is 0 Å². The Hall–Kier alpha value is -1.37. The van der Waals surface area contributed by atoms with E-state index in [1.165, 1.54) is 0 Å². The average Bonchev–Trinajstić information content (AvgIpc) is 1.83. The molecule has 0 saturated heterocycles. The van der Waals surface area contributed by atoms with Gasteiger partial charge in [0.1, 0.15) is 0 Å². The van der Waals surface area contributed by atoms with Crippen LogP contribution in [0.3, 0.4) is 0 Å². The number of nitrogens with two attached hydrogens (primary N) is 1. The molecule has 0 rings (SSSR count). The molecular weight excluding hydrogens is 186 g/mol. The van der Waals surface area contributed by atoms with Crippen LogP contribution in [0, 0.1) is 0 Å². The van der Waals surface area contributed by atoms with Crippen LogP contribution in [-0.4, -0.2) is 33.4 Å². The fourth-order valence-corrected chi connectivity index (χ4v) is 0.594. The molecule has 0 aliphatic carbocycles. The molecule has 0 aromatic heterocycles. The van der Waals surface area contributed by atoms with Gasteiger partial charge in [-0.2, -0.15) is 0 Å². The number of thiocarbonyl (C=S) groups is 1. The van der Waals surface area contributed by atoms with Crippen molar-refractivity contribution >= 4 is 29.3 Å². The molecule has 0 amide bonds. The van der Waals surface area contributed by atoms with Gasteiger partial charge in [0.05, 0.1) is 6.42 Å². The highest BCUT2D eigenvalue weighted by Crippen LogP contribution is 1.98. The van der Waals surface area contributed by atoms with Crippen LogP contribution in [0.4, 0.5) is 0 Å². The summed E-state index contributed by atoms with van der Waals surface area (Å²) in [5.74, 6) is -2.70. The van der Waals surface area contributed by atoms with Crippen molar-refractivity contribution in [1.29, 1.82) is 0 Å². The summed E-state index contributed by atoms with van der Waals surface area (Å²) in [6.45, 7) is 0. The van der Waals surface area contributed by atoms with E-state index in [9.17, 15) is 9.59 Å². The summed E-state index contributed by atoms with van der Waals surface area (Å²) in [7, 11) is 0. The van der Waals surface area contributed by atoms with Gasteiger partial charge in [0.2, 0.25) is 6.10 Å². The van der Waals surface area contributed by atoms with Gasteiger partial charge in [0.25, 0.3) is 5.17 Å². The largest absolute Gasteiger partial charge is 0.481 e. The quantitative estimate of drug-likeness (QED) is 0.500. The zero-order valence-corrected chi connectivity index (χ0v) is 6.71. The molecule has 0 spiro atoms. The van der Waals surface area contributed by atoms with Gasteiger partial charge in [0, 0.05) is 0 Å².